The van der Waals surface area contributed by atoms with E-state index in [1.54, 1.807) is 0 Å². The molecule has 1 saturated heterocycles. The summed E-state index contributed by atoms with van der Waals surface area (Å²) in [6.07, 6.45) is 7.90. The lowest BCUT2D eigenvalue weighted by Crippen LogP contribution is -2.26. The van der Waals surface area contributed by atoms with Crippen molar-refractivity contribution in [1.82, 2.24) is 14.8 Å². The first kappa shape index (κ1) is 11.2. The summed E-state index contributed by atoms with van der Waals surface area (Å²) in [5.74, 6) is 1.96. The van der Waals surface area contributed by atoms with Gasteiger partial charge in [0.05, 0.1) is 6.10 Å². The molecule has 17 heavy (non-hydrogen) atoms. The summed E-state index contributed by atoms with van der Waals surface area (Å²) in [6.45, 7) is 0.887. The molecule has 2 aliphatic heterocycles. The van der Waals surface area contributed by atoms with Crippen molar-refractivity contribution < 1.29 is 4.74 Å². The van der Waals surface area contributed by atoms with Crippen molar-refractivity contribution in [3.63, 3.8) is 0 Å². The Bertz CT molecular complexity index is 384. The van der Waals surface area contributed by atoms with Gasteiger partial charge in [0.1, 0.15) is 12.0 Å². The Balaban J connectivity index is 1.71. The van der Waals surface area contributed by atoms with Crippen LogP contribution in [0.4, 0.5) is 0 Å². The minimum atomic E-state index is 0.0206. The average molecular weight is 236 g/mol. The molecular weight excluding hydrogens is 216 g/mol. The van der Waals surface area contributed by atoms with E-state index in [0.29, 0.717) is 6.10 Å². The number of aryl methyl sites for hydroxylation is 1. The molecule has 0 spiro atoms. The molecule has 0 amide bonds. The van der Waals surface area contributed by atoms with Crippen molar-refractivity contribution in [3.05, 3.63) is 11.6 Å². The van der Waals surface area contributed by atoms with Crippen LogP contribution in [0.1, 0.15) is 49.9 Å². The Morgan fingerprint density at radius 3 is 3.00 bits per heavy atom. The van der Waals surface area contributed by atoms with Crippen LogP contribution >= 0.6 is 0 Å². The van der Waals surface area contributed by atoms with Gasteiger partial charge in [-0.25, -0.2) is 9.67 Å². The van der Waals surface area contributed by atoms with Crippen LogP contribution < -0.4 is 5.73 Å². The van der Waals surface area contributed by atoms with Gasteiger partial charge in [-0.05, 0) is 32.1 Å². The van der Waals surface area contributed by atoms with Crippen LogP contribution in [0.15, 0.2) is 0 Å². The molecule has 5 nitrogen and oxygen atoms in total. The third kappa shape index (κ3) is 2.35. The van der Waals surface area contributed by atoms with Gasteiger partial charge in [0.25, 0.3) is 0 Å². The Morgan fingerprint density at radius 1 is 1.29 bits per heavy atom. The number of fused-ring (bicyclic) bond motifs is 1. The number of hydrogen-bond acceptors (Lipinski definition) is 4. The molecule has 94 valence electrons. The van der Waals surface area contributed by atoms with Gasteiger partial charge in [-0.2, -0.15) is 5.10 Å². The molecule has 0 bridgehead atoms. The van der Waals surface area contributed by atoms with Crippen molar-refractivity contribution in [1.29, 1.82) is 0 Å². The van der Waals surface area contributed by atoms with Crippen molar-refractivity contribution in [2.75, 3.05) is 6.61 Å². The second-order valence-electron chi connectivity index (χ2n) is 5.04. The number of ether oxygens (including phenoxy) is 1. The van der Waals surface area contributed by atoms with E-state index in [0.717, 1.165) is 50.4 Å². The van der Waals surface area contributed by atoms with E-state index in [1.807, 2.05) is 4.68 Å². The molecule has 0 radical (unpaired) electrons. The maximum atomic E-state index is 6.02. The van der Waals surface area contributed by atoms with Crippen molar-refractivity contribution in [3.8, 4) is 0 Å². The minimum Gasteiger partial charge on any atom is -0.378 e. The van der Waals surface area contributed by atoms with Gasteiger partial charge in [-0.1, -0.05) is 0 Å². The van der Waals surface area contributed by atoms with Crippen LogP contribution in [0.25, 0.3) is 0 Å². The molecule has 5 heteroatoms. The zero-order valence-corrected chi connectivity index (χ0v) is 10.1. The number of hydrogen-bond donors (Lipinski definition) is 1. The van der Waals surface area contributed by atoms with E-state index in [1.165, 1.54) is 12.8 Å². The standard InChI is InChI=1S/C12H20N4O/c13-10-5-3-6-12-14-11(15-16(10)12)8-9-4-1-2-7-17-9/h9-10H,1-8,13H2. The fraction of sp³-hybridized carbons (Fsp3) is 0.833. The number of rotatable bonds is 2. The SMILES string of the molecule is NC1CCCc2nc(CC3CCCCO3)nn21. The molecule has 2 aliphatic rings. The van der Waals surface area contributed by atoms with E-state index >= 15 is 0 Å². The van der Waals surface area contributed by atoms with E-state index in [2.05, 4.69) is 10.1 Å². The minimum absolute atomic E-state index is 0.0206. The van der Waals surface area contributed by atoms with E-state index in [4.69, 9.17) is 10.5 Å². The largest absolute Gasteiger partial charge is 0.378 e. The zero-order valence-electron chi connectivity index (χ0n) is 10.1. The highest BCUT2D eigenvalue weighted by atomic mass is 16.5. The first-order valence-corrected chi connectivity index (χ1v) is 6.64. The van der Waals surface area contributed by atoms with Crippen molar-refractivity contribution in [2.24, 2.45) is 5.73 Å². The van der Waals surface area contributed by atoms with Crippen LogP contribution in [-0.2, 0) is 17.6 Å². The van der Waals surface area contributed by atoms with Crippen LogP contribution in [0.5, 0.6) is 0 Å². The predicted molar refractivity (Wildman–Crippen MR) is 63.5 cm³/mol. The summed E-state index contributed by atoms with van der Waals surface area (Å²) in [6, 6.07) is 0. The summed E-state index contributed by atoms with van der Waals surface area (Å²) < 4.78 is 7.62. The molecule has 2 N–H and O–H groups in total. The van der Waals surface area contributed by atoms with E-state index in [9.17, 15) is 0 Å². The topological polar surface area (TPSA) is 66.0 Å². The Hall–Kier alpha value is -0.940. The molecule has 1 aromatic heterocycles. The van der Waals surface area contributed by atoms with Gasteiger partial charge >= 0.3 is 0 Å². The normalized spacial score (nSPS) is 29.0. The third-order valence-corrected chi connectivity index (χ3v) is 3.64. The van der Waals surface area contributed by atoms with E-state index in [-0.39, 0.29) is 6.17 Å². The van der Waals surface area contributed by atoms with Gasteiger partial charge < -0.3 is 10.5 Å². The second kappa shape index (κ2) is 4.74. The van der Waals surface area contributed by atoms with Gasteiger partial charge in [0, 0.05) is 19.4 Å². The molecule has 0 aliphatic carbocycles. The summed E-state index contributed by atoms with van der Waals surface area (Å²) in [5, 5.41) is 4.53. The van der Waals surface area contributed by atoms with Gasteiger partial charge in [-0.15, -0.1) is 0 Å². The molecule has 1 aromatic rings. The summed E-state index contributed by atoms with van der Waals surface area (Å²) in [5.41, 5.74) is 6.02. The highest BCUT2D eigenvalue weighted by Crippen LogP contribution is 2.21. The number of nitrogens with two attached hydrogens (primary N) is 1. The molecule has 2 atom stereocenters. The number of nitrogens with zero attached hydrogens (tertiary/aromatic N) is 3. The van der Waals surface area contributed by atoms with Crippen LogP contribution in [0, 0.1) is 0 Å². The summed E-state index contributed by atoms with van der Waals surface area (Å²) in [4.78, 5) is 4.59. The lowest BCUT2D eigenvalue weighted by molar-refractivity contribution is 0.0156. The predicted octanol–water partition coefficient (Wildman–Crippen LogP) is 1.18. The Kier molecular flexibility index (Phi) is 3.11. The van der Waals surface area contributed by atoms with Crippen molar-refractivity contribution >= 4 is 0 Å². The fourth-order valence-electron chi connectivity index (χ4n) is 2.69. The molecule has 0 aromatic carbocycles. The maximum absolute atomic E-state index is 6.02. The van der Waals surface area contributed by atoms with E-state index < -0.39 is 0 Å². The molecule has 1 fully saturated rings. The zero-order chi connectivity index (χ0) is 11.7. The highest BCUT2D eigenvalue weighted by Gasteiger charge is 2.22. The van der Waals surface area contributed by atoms with Crippen LogP contribution in [0.2, 0.25) is 0 Å². The Morgan fingerprint density at radius 2 is 2.24 bits per heavy atom. The summed E-state index contributed by atoms with van der Waals surface area (Å²) in [7, 11) is 0. The Labute approximate surface area is 101 Å². The van der Waals surface area contributed by atoms with Gasteiger partial charge in [-0.3, -0.25) is 0 Å². The molecule has 3 heterocycles. The fourth-order valence-corrected chi connectivity index (χ4v) is 2.69. The first-order chi connectivity index (χ1) is 8.33. The monoisotopic (exact) mass is 236 g/mol. The van der Waals surface area contributed by atoms with Crippen LogP contribution in [0.3, 0.4) is 0 Å². The molecule has 0 saturated carbocycles. The maximum Gasteiger partial charge on any atom is 0.153 e. The molecular formula is C12H20N4O. The van der Waals surface area contributed by atoms with Crippen molar-refractivity contribution in [2.45, 2.75) is 57.2 Å². The molecule has 2 unspecified atom stereocenters. The third-order valence-electron chi connectivity index (χ3n) is 3.64. The van der Waals surface area contributed by atoms with Crippen LogP contribution in [-0.4, -0.2) is 27.5 Å². The first-order valence-electron chi connectivity index (χ1n) is 6.64. The highest BCUT2D eigenvalue weighted by molar-refractivity contribution is 4.99. The second-order valence-corrected chi connectivity index (χ2v) is 5.04. The summed E-state index contributed by atoms with van der Waals surface area (Å²) >= 11 is 0. The lowest BCUT2D eigenvalue weighted by atomic mass is 10.1. The quantitative estimate of drug-likeness (QED) is 0.837. The lowest BCUT2D eigenvalue weighted by Gasteiger charge is -2.21. The molecule has 3 rings (SSSR count). The van der Waals surface area contributed by atoms with Gasteiger partial charge in [0.15, 0.2) is 5.82 Å². The average Bonchev–Trinajstić information content (AvgIpc) is 2.74. The smallest absolute Gasteiger partial charge is 0.153 e. The van der Waals surface area contributed by atoms with Gasteiger partial charge in [0.2, 0.25) is 0 Å². The number of aromatic nitrogens is 3.